The van der Waals surface area contributed by atoms with E-state index in [1.54, 1.807) is 0 Å². The number of hydrogen-bond donors (Lipinski definition) is 0. The van der Waals surface area contributed by atoms with E-state index in [1.165, 1.54) is 12.8 Å². The molecule has 1 saturated carbocycles. The molecule has 0 spiro atoms. The molecular formula is C16H25NO2S. The average Bonchev–Trinajstić information content (AvgIpc) is 2.97. The van der Waals surface area contributed by atoms with Crippen LogP contribution in [0, 0.1) is 5.92 Å². The van der Waals surface area contributed by atoms with Crippen LogP contribution >= 0.6 is 12.2 Å². The molecule has 1 saturated heterocycles. The van der Waals surface area contributed by atoms with Crippen LogP contribution in [0.3, 0.4) is 0 Å². The maximum Gasteiger partial charge on any atom is 0.259 e. The number of nitrogens with zero attached hydrogens (tertiary/aromatic N) is 1. The second kappa shape index (κ2) is 7.77. The zero-order valence-corrected chi connectivity index (χ0v) is 13.2. The monoisotopic (exact) mass is 295 g/mol. The molecule has 2 rings (SSSR count). The van der Waals surface area contributed by atoms with Gasteiger partial charge in [0.2, 0.25) is 0 Å². The van der Waals surface area contributed by atoms with Crippen molar-refractivity contribution in [2.45, 2.75) is 58.0 Å². The van der Waals surface area contributed by atoms with Gasteiger partial charge >= 0.3 is 0 Å². The van der Waals surface area contributed by atoms with Gasteiger partial charge in [0.1, 0.15) is 11.9 Å². The predicted molar refractivity (Wildman–Crippen MR) is 84.7 cm³/mol. The maximum atomic E-state index is 11.7. The highest BCUT2D eigenvalue weighted by Crippen LogP contribution is 2.27. The highest BCUT2D eigenvalue weighted by molar-refractivity contribution is 7.80. The van der Waals surface area contributed by atoms with E-state index in [9.17, 15) is 4.79 Å². The van der Waals surface area contributed by atoms with Gasteiger partial charge in [-0.15, -0.1) is 0 Å². The second-order valence-electron chi connectivity index (χ2n) is 5.77. The lowest BCUT2D eigenvalue weighted by Crippen LogP contribution is -2.35. The molecule has 112 valence electrons. The smallest absolute Gasteiger partial charge is 0.259 e. The van der Waals surface area contributed by atoms with Gasteiger partial charge in [-0.3, -0.25) is 4.79 Å². The minimum absolute atomic E-state index is 0.0349. The summed E-state index contributed by atoms with van der Waals surface area (Å²) in [5, 5.41) is 0.617. The Morgan fingerprint density at radius 1 is 1.45 bits per heavy atom. The Hall–Kier alpha value is -0.900. The Balaban J connectivity index is 1.96. The Labute approximate surface area is 127 Å². The number of likely N-dealkylation sites (tertiary alicyclic amines) is 1. The van der Waals surface area contributed by atoms with Crippen molar-refractivity contribution < 1.29 is 9.53 Å². The van der Waals surface area contributed by atoms with Crippen molar-refractivity contribution in [3.63, 3.8) is 0 Å². The van der Waals surface area contributed by atoms with Crippen molar-refractivity contribution in [2.75, 3.05) is 13.1 Å². The van der Waals surface area contributed by atoms with Gasteiger partial charge in [0.15, 0.2) is 0 Å². The number of allylic oxidation sites excluding steroid dienone is 1. The summed E-state index contributed by atoms with van der Waals surface area (Å²) in [7, 11) is 0. The Kier molecular flexibility index (Phi) is 6.02. The molecule has 3 nitrogen and oxygen atoms in total. The Bertz CT molecular complexity index is 375. The fourth-order valence-electron chi connectivity index (χ4n) is 2.99. The summed E-state index contributed by atoms with van der Waals surface area (Å²) in [5.74, 6) is 0.659. The van der Waals surface area contributed by atoms with Crippen LogP contribution in [0.15, 0.2) is 12.2 Å². The molecule has 2 fully saturated rings. The first kappa shape index (κ1) is 15.5. The Morgan fingerprint density at radius 2 is 2.20 bits per heavy atom. The van der Waals surface area contributed by atoms with E-state index >= 15 is 0 Å². The molecule has 20 heavy (non-hydrogen) atoms. The number of hydrogen-bond acceptors (Lipinski definition) is 3. The quantitative estimate of drug-likeness (QED) is 0.586. The van der Waals surface area contributed by atoms with Crippen LogP contribution in [0.4, 0.5) is 0 Å². The Morgan fingerprint density at radius 3 is 2.85 bits per heavy atom. The fourth-order valence-corrected chi connectivity index (χ4v) is 3.29. The van der Waals surface area contributed by atoms with Gasteiger partial charge in [-0.2, -0.15) is 0 Å². The molecule has 0 amide bonds. The highest BCUT2D eigenvalue weighted by atomic mass is 32.1. The lowest BCUT2D eigenvalue weighted by atomic mass is 9.84. The number of thiocarbonyl (C=S) groups is 1. The lowest BCUT2D eigenvalue weighted by molar-refractivity contribution is -0.122. The first-order valence-electron chi connectivity index (χ1n) is 7.84. The second-order valence-corrected chi connectivity index (χ2v) is 6.12. The van der Waals surface area contributed by atoms with Crippen LogP contribution in [-0.2, 0) is 9.53 Å². The van der Waals surface area contributed by atoms with Crippen LogP contribution in [-0.4, -0.2) is 35.1 Å². The number of rotatable bonds is 4. The fraction of sp³-hybridized carbons (Fsp3) is 0.750. The van der Waals surface area contributed by atoms with Crippen LogP contribution in [0.25, 0.3) is 0 Å². The van der Waals surface area contributed by atoms with Crippen LogP contribution in [0.1, 0.15) is 51.9 Å². The number of ketones is 1. The molecule has 2 atom stereocenters. The average molecular weight is 295 g/mol. The van der Waals surface area contributed by atoms with Gasteiger partial charge in [-0.1, -0.05) is 13.0 Å². The summed E-state index contributed by atoms with van der Waals surface area (Å²) in [6, 6.07) is 0. The molecule has 4 heteroatoms. The molecule has 0 bridgehead atoms. The van der Waals surface area contributed by atoms with E-state index < -0.39 is 0 Å². The summed E-state index contributed by atoms with van der Waals surface area (Å²) >= 11 is 5.42. The number of ether oxygens (including phenoxy) is 1. The van der Waals surface area contributed by atoms with Crippen LogP contribution in [0.5, 0.6) is 0 Å². The molecule has 2 aliphatic rings. The lowest BCUT2D eigenvalue weighted by Gasteiger charge is -2.30. The molecule has 0 radical (unpaired) electrons. The van der Waals surface area contributed by atoms with E-state index in [4.69, 9.17) is 17.0 Å². The summed E-state index contributed by atoms with van der Waals surface area (Å²) in [5.41, 5.74) is 0. The zero-order chi connectivity index (χ0) is 14.4. The summed E-state index contributed by atoms with van der Waals surface area (Å²) < 4.78 is 6.04. The van der Waals surface area contributed by atoms with E-state index in [2.05, 4.69) is 24.0 Å². The minimum atomic E-state index is -0.0349. The van der Waals surface area contributed by atoms with E-state index in [0.717, 1.165) is 38.8 Å². The highest BCUT2D eigenvalue weighted by Gasteiger charge is 2.29. The third-order valence-electron chi connectivity index (χ3n) is 4.15. The van der Waals surface area contributed by atoms with Gasteiger partial charge in [0, 0.05) is 31.8 Å². The molecule has 0 aromatic carbocycles. The third-order valence-corrected chi connectivity index (χ3v) is 4.50. The summed E-state index contributed by atoms with van der Waals surface area (Å²) in [6.07, 6.45) is 11.0. The van der Waals surface area contributed by atoms with Gasteiger partial charge in [-0.25, -0.2) is 0 Å². The van der Waals surface area contributed by atoms with Gasteiger partial charge in [-0.05, 0) is 50.4 Å². The first-order chi connectivity index (χ1) is 9.70. The molecule has 1 heterocycles. The molecule has 1 aliphatic carbocycles. The molecule has 2 unspecified atom stereocenters. The van der Waals surface area contributed by atoms with Crippen molar-refractivity contribution in [2.24, 2.45) is 5.92 Å². The topological polar surface area (TPSA) is 29.5 Å². The molecule has 1 aliphatic heterocycles. The molecule has 0 N–H and O–H groups in total. The van der Waals surface area contributed by atoms with Gasteiger partial charge in [0.05, 0.1) is 0 Å². The molecular weight excluding hydrogens is 270 g/mol. The molecule has 0 aromatic heterocycles. The third kappa shape index (κ3) is 4.30. The minimum Gasteiger partial charge on any atom is -0.463 e. The van der Waals surface area contributed by atoms with Gasteiger partial charge < -0.3 is 9.64 Å². The maximum absolute atomic E-state index is 11.7. The zero-order valence-electron chi connectivity index (χ0n) is 12.3. The van der Waals surface area contributed by atoms with E-state index in [1.807, 2.05) is 0 Å². The van der Waals surface area contributed by atoms with Crippen molar-refractivity contribution in [3.8, 4) is 0 Å². The van der Waals surface area contributed by atoms with Crippen molar-refractivity contribution in [3.05, 3.63) is 12.2 Å². The molecule has 0 aromatic rings. The number of carbonyl (C=O) groups is 1. The first-order valence-corrected chi connectivity index (χ1v) is 8.25. The van der Waals surface area contributed by atoms with E-state index in [0.29, 0.717) is 23.3 Å². The van der Waals surface area contributed by atoms with E-state index in [-0.39, 0.29) is 6.10 Å². The van der Waals surface area contributed by atoms with Crippen molar-refractivity contribution >= 4 is 23.2 Å². The summed E-state index contributed by atoms with van der Waals surface area (Å²) in [6.45, 7) is 4.12. The standard InChI is InChI=1S/C16H25NO2S/c1-2-3-9-15(13-7-6-8-14(18)12-13)19-16(20)17-10-4-5-11-17/h3,9,13,15H,2,4-8,10-12H2,1H3/b9-3+. The number of carbonyl (C=O) groups excluding carboxylic acids is 1. The predicted octanol–water partition coefficient (Wildman–Crippen LogP) is 3.48. The van der Waals surface area contributed by atoms with Crippen LogP contribution in [0.2, 0.25) is 0 Å². The number of Topliss-reactive ketones (excluding diaryl/α,β-unsaturated/α-hetero) is 1. The van der Waals surface area contributed by atoms with Crippen LogP contribution < -0.4 is 0 Å². The SMILES string of the molecule is CC/C=C/C(OC(=S)N1CCCC1)C1CCCC(=O)C1. The van der Waals surface area contributed by atoms with Crippen molar-refractivity contribution in [1.82, 2.24) is 4.90 Å². The summed E-state index contributed by atoms with van der Waals surface area (Å²) in [4.78, 5) is 13.8. The largest absolute Gasteiger partial charge is 0.463 e. The van der Waals surface area contributed by atoms with Crippen molar-refractivity contribution in [1.29, 1.82) is 0 Å². The normalized spacial score (nSPS) is 25.1. The van der Waals surface area contributed by atoms with Gasteiger partial charge in [0.25, 0.3) is 5.17 Å².